The monoisotopic (exact) mass is 477 g/mol. The van der Waals surface area contributed by atoms with E-state index in [4.69, 9.17) is 14.2 Å². The molecule has 1 aromatic rings. The maximum atomic E-state index is 12.7. The van der Waals surface area contributed by atoms with Crippen molar-refractivity contribution in [3.63, 3.8) is 0 Å². The molecule has 0 spiro atoms. The van der Waals surface area contributed by atoms with Gasteiger partial charge in [0, 0.05) is 18.3 Å². The molecule has 33 heavy (non-hydrogen) atoms. The van der Waals surface area contributed by atoms with Gasteiger partial charge in [-0.05, 0) is 95.4 Å². The van der Waals surface area contributed by atoms with Gasteiger partial charge in [0.15, 0.2) is 9.84 Å². The molecule has 2 saturated heterocycles. The lowest BCUT2D eigenvalue weighted by Gasteiger charge is -2.40. The lowest BCUT2D eigenvalue weighted by atomic mass is 9.93. The van der Waals surface area contributed by atoms with Crippen LogP contribution < -0.4 is 4.74 Å². The maximum Gasteiger partial charge on any atom is 0.410 e. The van der Waals surface area contributed by atoms with Crippen LogP contribution in [-0.2, 0) is 19.3 Å². The van der Waals surface area contributed by atoms with Gasteiger partial charge in [-0.1, -0.05) is 0 Å². The quantitative estimate of drug-likeness (QED) is 0.601. The van der Waals surface area contributed by atoms with Crippen LogP contribution >= 0.6 is 0 Å². The highest BCUT2D eigenvalue weighted by atomic mass is 32.2. The molecular formula is C25H35NO6S. The van der Waals surface area contributed by atoms with Crippen LogP contribution in [0.25, 0.3) is 0 Å². The van der Waals surface area contributed by atoms with Gasteiger partial charge in [-0.2, -0.15) is 0 Å². The Kier molecular flexibility index (Phi) is 6.10. The predicted molar refractivity (Wildman–Crippen MR) is 123 cm³/mol. The molecule has 2 heterocycles. The van der Waals surface area contributed by atoms with Gasteiger partial charge in [0.05, 0.1) is 23.2 Å². The highest BCUT2D eigenvalue weighted by Gasteiger charge is 2.49. The van der Waals surface area contributed by atoms with Gasteiger partial charge in [-0.15, -0.1) is 0 Å². The lowest BCUT2D eigenvalue weighted by molar-refractivity contribution is -0.0794. The average Bonchev–Trinajstić information content (AvgIpc) is 3.42. The number of carbonyl (C=O) groups is 1. The number of hydrogen-bond acceptors (Lipinski definition) is 6. The summed E-state index contributed by atoms with van der Waals surface area (Å²) in [5.41, 5.74) is -0.222. The highest BCUT2D eigenvalue weighted by Crippen LogP contribution is 2.43. The molecule has 2 bridgehead atoms. The average molecular weight is 478 g/mol. The van der Waals surface area contributed by atoms with Crippen LogP contribution in [0.15, 0.2) is 29.2 Å². The van der Waals surface area contributed by atoms with Crippen molar-refractivity contribution in [3.05, 3.63) is 24.3 Å². The summed E-state index contributed by atoms with van der Waals surface area (Å²) in [5, 5.41) is 0. The normalized spacial score (nSPS) is 32.9. The second-order valence-electron chi connectivity index (χ2n) is 10.6. The Labute approximate surface area is 196 Å². The molecule has 0 aromatic heterocycles. The molecule has 5 rings (SSSR count). The Morgan fingerprint density at radius 2 is 1.48 bits per heavy atom. The number of benzene rings is 1. The minimum Gasteiger partial charge on any atom is -0.490 e. The van der Waals surface area contributed by atoms with E-state index in [1.165, 1.54) is 6.26 Å². The summed E-state index contributed by atoms with van der Waals surface area (Å²) in [7, 11) is -3.19. The summed E-state index contributed by atoms with van der Waals surface area (Å²) in [6.07, 6.45) is 11.3. The second-order valence-corrected chi connectivity index (χ2v) is 12.6. The Morgan fingerprint density at radius 3 is 2.03 bits per heavy atom. The zero-order chi connectivity index (χ0) is 23.2. The van der Waals surface area contributed by atoms with Gasteiger partial charge in [0.1, 0.15) is 11.4 Å². The van der Waals surface area contributed by atoms with Gasteiger partial charge in [-0.3, -0.25) is 0 Å². The first kappa shape index (κ1) is 23.0. The fourth-order valence-corrected chi connectivity index (χ4v) is 6.22. The van der Waals surface area contributed by atoms with E-state index in [1.54, 1.807) is 24.3 Å². The highest BCUT2D eigenvalue weighted by molar-refractivity contribution is 7.90. The molecular weight excluding hydrogens is 442 g/mol. The summed E-state index contributed by atoms with van der Waals surface area (Å²) in [5.74, 6) is 0.711. The fraction of sp³-hybridized carbons (Fsp3) is 0.720. The predicted octanol–water partition coefficient (Wildman–Crippen LogP) is 4.48. The smallest absolute Gasteiger partial charge is 0.410 e. The third-order valence-corrected chi connectivity index (χ3v) is 8.88. The summed E-state index contributed by atoms with van der Waals surface area (Å²) in [6, 6.07) is 7.16. The van der Waals surface area contributed by atoms with Crippen LogP contribution in [0.2, 0.25) is 0 Å². The first-order valence-electron chi connectivity index (χ1n) is 12.3. The Hall–Kier alpha value is -1.80. The van der Waals surface area contributed by atoms with Crippen LogP contribution in [0.5, 0.6) is 5.75 Å². The molecule has 0 N–H and O–H groups in total. The molecule has 8 heteroatoms. The number of sulfone groups is 1. The SMILES string of the molecule is CC1(OC(=O)N2[C@@H]3CC[C@H]2CC(OC2CCC(Oc4ccc(S(C)(=O)=O)cc4)CC2)C3)CC1. The van der Waals surface area contributed by atoms with Gasteiger partial charge < -0.3 is 19.1 Å². The fourth-order valence-electron chi connectivity index (χ4n) is 5.59. The van der Waals surface area contributed by atoms with Crippen molar-refractivity contribution in [3.8, 4) is 5.75 Å². The van der Waals surface area contributed by atoms with Gasteiger partial charge in [-0.25, -0.2) is 13.2 Å². The molecule has 1 unspecified atom stereocenters. The van der Waals surface area contributed by atoms with Crippen LogP contribution in [0.3, 0.4) is 0 Å². The van der Waals surface area contributed by atoms with E-state index in [1.807, 2.05) is 11.8 Å². The van der Waals surface area contributed by atoms with E-state index < -0.39 is 9.84 Å². The Morgan fingerprint density at radius 1 is 0.909 bits per heavy atom. The standard InChI is InChI=1S/C25H35NO6S/c1-25(13-14-25)32-24(27)26-17-3-4-18(26)16-22(15-17)31-20-7-5-19(6-8-20)30-21-9-11-23(12-10-21)33(2,28)29/h9-12,17-20,22H,3-8,13-16H2,1-2H3/t17-,18+,19?,20?,22?. The third-order valence-electron chi connectivity index (χ3n) is 7.75. The zero-order valence-corrected chi connectivity index (χ0v) is 20.4. The molecule has 3 atom stereocenters. The van der Waals surface area contributed by atoms with E-state index in [0.717, 1.165) is 64.2 Å². The number of piperidine rings is 1. The number of hydrogen-bond donors (Lipinski definition) is 0. The van der Waals surface area contributed by atoms with E-state index in [9.17, 15) is 13.2 Å². The van der Waals surface area contributed by atoms with Crippen molar-refractivity contribution in [1.29, 1.82) is 0 Å². The summed E-state index contributed by atoms with van der Waals surface area (Å²) in [4.78, 5) is 15.0. The summed E-state index contributed by atoms with van der Waals surface area (Å²) in [6.45, 7) is 2.02. The number of amides is 1. The van der Waals surface area contributed by atoms with Crippen molar-refractivity contribution in [1.82, 2.24) is 4.90 Å². The number of fused-ring (bicyclic) bond motifs is 2. The van der Waals surface area contributed by atoms with Crippen LogP contribution in [-0.4, -0.2) is 61.7 Å². The maximum absolute atomic E-state index is 12.7. The lowest BCUT2D eigenvalue weighted by Crippen LogP contribution is -2.50. The Bertz CT molecular complexity index is 951. The van der Waals surface area contributed by atoms with E-state index >= 15 is 0 Å². The molecule has 4 fully saturated rings. The van der Waals surface area contributed by atoms with Crippen molar-refractivity contribution >= 4 is 15.9 Å². The first-order valence-corrected chi connectivity index (χ1v) is 14.2. The number of carbonyl (C=O) groups excluding carboxylic acids is 1. The van der Waals surface area contributed by atoms with Crippen molar-refractivity contribution in [2.45, 2.75) is 112 Å². The molecule has 2 aliphatic heterocycles. The molecule has 2 aliphatic carbocycles. The van der Waals surface area contributed by atoms with E-state index in [0.29, 0.717) is 10.6 Å². The molecule has 7 nitrogen and oxygen atoms in total. The summed E-state index contributed by atoms with van der Waals surface area (Å²) >= 11 is 0. The Balaban J connectivity index is 1.07. The van der Waals surface area contributed by atoms with Crippen LogP contribution in [0, 0.1) is 0 Å². The first-order chi connectivity index (χ1) is 15.7. The number of ether oxygens (including phenoxy) is 3. The largest absolute Gasteiger partial charge is 0.490 e. The molecule has 4 aliphatic rings. The second kappa shape index (κ2) is 8.77. The minimum absolute atomic E-state index is 0.122. The van der Waals surface area contributed by atoms with E-state index in [-0.39, 0.29) is 42.1 Å². The van der Waals surface area contributed by atoms with Gasteiger partial charge in [0.2, 0.25) is 0 Å². The van der Waals surface area contributed by atoms with Crippen molar-refractivity contribution in [2.24, 2.45) is 0 Å². The van der Waals surface area contributed by atoms with Crippen LogP contribution in [0.4, 0.5) is 4.79 Å². The zero-order valence-electron chi connectivity index (χ0n) is 19.6. The summed E-state index contributed by atoms with van der Waals surface area (Å²) < 4.78 is 41.5. The molecule has 1 amide bonds. The minimum atomic E-state index is -3.19. The van der Waals surface area contributed by atoms with Gasteiger partial charge in [0.25, 0.3) is 0 Å². The van der Waals surface area contributed by atoms with Crippen LogP contribution in [0.1, 0.15) is 71.1 Å². The third kappa shape index (κ3) is 5.32. The number of rotatable bonds is 6. The topological polar surface area (TPSA) is 82.1 Å². The molecule has 182 valence electrons. The van der Waals surface area contributed by atoms with Gasteiger partial charge >= 0.3 is 6.09 Å². The van der Waals surface area contributed by atoms with Crippen molar-refractivity contribution < 1.29 is 27.4 Å². The molecule has 2 saturated carbocycles. The number of nitrogens with zero attached hydrogens (tertiary/aromatic N) is 1. The van der Waals surface area contributed by atoms with E-state index in [2.05, 4.69) is 0 Å². The molecule has 0 radical (unpaired) electrons. The molecule has 1 aromatic carbocycles. The van der Waals surface area contributed by atoms with Crippen molar-refractivity contribution in [2.75, 3.05) is 6.26 Å².